The molecule has 1 N–H and O–H groups in total. The number of hydrogen-bond donors (Lipinski definition) is 1. The zero-order valence-corrected chi connectivity index (χ0v) is 12.3. The summed E-state index contributed by atoms with van der Waals surface area (Å²) in [5.74, 6) is 2.32. The second-order valence-electron chi connectivity index (χ2n) is 4.85. The molecule has 2 unspecified atom stereocenters. The maximum Gasteiger partial charge on any atom is 0.161 e. The van der Waals surface area contributed by atoms with Gasteiger partial charge in [-0.2, -0.15) is 0 Å². The summed E-state index contributed by atoms with van der Waals surface area (Å²) >= 11 is 0. The molecule has 1 heterocycles. The van der Waals surface area contributed by atoms with E-state index in [1.54, 1.807) is 6.26 Å². The molecule has 106 valence electrons. The van der Waals surface area contributed by atoms with Gasteiger partial charge in [0.2, 0.25) is 0 Å². The van der Waals surface area contributed by atoms with Crippen molar-refractivity contribution in [2.24, 2.45) is 0 Å². The van der Waals surface area contributed by atoms with Crippen molar-refractivity contribution >= 4 is 10.8 Å². The number of fused-ring (bicyclic) bond motifs is 1. The second kappa shape index (κ2) is 6.91. The lowest BCUT2D eigenvalue weighted by molar-refractivity contribution is 0.297. The maximum atomic E-state index is 11.1. The molecular formula is C14H21NO3S. The molecule has 0 saturated carbocycles. The van der Waals surface area contributed by atoms with Crippen LogP contribution in [-0.4, -0.2) is 35.5 Å². The third kappa shape index (κ3) is 4.51. The molecule has 4 nitrogen and oxygen atoms in total. The van der Waals surface area contributed by atoms with Crippen molar-refractivity contribution in [3.8, 4) is 11.5 Å². The van der Waals surface area contributed by atoms with Crippen LogP contribution in [-0.2, 0) is 17.3 Å². The van der Waals surface area contributed by atoms with E-state index in [1.807, 2.05) is 25.1 Å². The van der Waals surface area contributed by atoms with Gasteiger partial charge in [-0.1, -0.05) is 6.07 Å². The Labute approximate surface area is 116 Å². The number of nitrogens with one attached hydrogen (secondary N) is 1. The topological polar surface area (TPSA) is 47.6 Å². The van der Waals surface area contributed by atoms with E-state index < -0.39 is 10.8 Å². The molecule has 2 atom stereocenters. The first-order valence-electron chi connectivity index (χ1n) is 6.57. The van der Waals surface area contributed by atoms with Gasteiger partial charge in [-0.3, -0.25) is 4.21 Å². The molecule has 0 fully saturated rings. The van der Waals surface area contributed by atoms with E-state index in [2.05, 4.69) is 5.32 Å². The molecule has 5 heteroatoms. The normalized spacial score (nSPS) is 17.6. The first-order valence-corrected chi connectivity index (χ1v) is 8.30. The van der Waals surface area contributed by atoms with Crippen LogP contribution in [0.15, 0.2) is 18.2 Å². The van der Waals surface area contributed by atoms with E-state index in [9.17, 15) is 4.21 Å². The van der Waals surface area contributed by atoms with Crippen LogP contribution in [0, 0.1) is 0 Å². The molecule has 0 aromatic heterocycles. The number of benzene rings is 1. The molecule has 0 saturated heterocycles. The largest absolute Gasteiger partial charge is 0.490 e. The van der Waals surface area contributed by atoms with Gasteiger partial charge >= 0.3 is 0 Å². The van der Waals surface area contributed by atoms with Crippen molar-refractivity contribution in [2.75, 3.05) is 25.2 Å². The molecule has 0 bridgehead atoms. The molecule has 1 aliphatic heterocycles. The monoisotopic (exact) mass is 283 g/mol. The van der Waals surface area contributed by atoms with Gasteiger partial charge < -0.3 is 14.8 Å². The molecule has 1 aliphatic rings. The SMILES string of the molecule is CC(CS(C)=O)NCc1ccc2c(c1)OCCCO2. The van der Waals surface area contributed by atoms with Crippen molar-refractivity contribution in [3.63, 3.8) is 0 Å². The number of ether oxygens (including phenoxy) is 2. The Hall–Kier alpha value is -1.07. The highest BCUT2D eigenvalue weighted by atomic mass is 32.2. The van der Waals surface area contributed by atoms with Gasteiger partial charge in [-0.05, 0) is 24.6 Å². The number of rotatable bonds is 5. The van der Waals surface area contributed by atoms with Crippen LogP contribution < -0.4 is 14.8 Å². The predicted molar refractivity (Wildman–Crippen MR) is 77.3 cm³/mol. The third-order valence-corrected chi connectivity index (χ3v) is 3.92. The van der Waals surface area contributed by atoms with Gasteiger partial charge in [0.1, 0.15) is 0 Å². The lowest BCUT2D eigenvalue weighted by atomic mass is 10.2. The van der Waals surface area contributed by atoms with Crippen LogP contribution in [0.1, 0.15) is 18.9 Å². The minimum absolute atomic E-state index is 0.238. The predicted octanol–water partition coefficient (Wildman–Crippen LogP) is 1.70. The summed E-state index contributed by atoms with van der Waals surface area (Å²) in [4.78, 5) is 0. The van der Waals surface area contributed by atoms with E-state index in [4.69, 9.17) is 9.47 Å². The lowest BCUT2D eigenvalue weighted by Crippen LogP contribution is -2.30. The van der Waals surface area contributed by atoms with Crippen molar-refractivity contribution < 1.29 is 13.7 Å². The molecule has 0 aliphatic carbocycles. The Bertz CT molecular complexity index is 450. The summed E-state index contributed by atoms with van der Waals surface area (Å²) in [7, 11) is -0.765. The van der Waals surface area contributed by atoms with Crippen molar-refractivity contribution in [2.45, 2.75) is 25.9 Å². The summed E-state index contributed by atoms with van der Waals surface area (Å²) in [5, 5.41) is 3.36. The highest BCUT2D eigenvalue weighted by molar-refractivity contribution is 7.84. The zero-order valence-electron chi connectivity index (χ0n) is 11.5. The van der Waals surface area contributed by atoms with Gasteiger partial charge in [-0.25, -0.2) is 0 Å². The fraction of sp³-hybridized carbons (Fsp3) is 0.571. The van der Waals surface area contributed by atoms with Crippen molar-refractivity contribution in [3.05, 3.63) is 23.8 Å². The van der Waals surface area contributed by atoms with Gasteiger partial charge in [0.25, 0.3) is 0 Å². The fourth-order valence-corrected chi connectivity index (χ4v) is 2.84. The first kappa shape index (κ1) is 14.3. The van der Waals surface area contributed by atoms with Gasteiger partial charge in [0.15, 0.2) is 11.5 Å². The third-order valence-electron chi connectivity index (χ3n) is 2.95. The molecule has 0 spiro atoms. The van der Waals surface area contributed by atoms with E-state index in [1.165, 1.54) is 0 Å². The van der Waals surface area contributed by atoms with E-state index in [-0.39, 0.29) is 6.04 Å². The summed E-state index contributed by atoms with van der Waals surface area (Å²) in [6, 6.07) is 6.25. The summed E-state index contributed by atoms with van der Waals surface area (Å²) in [5.41, 5.74) is 1.15. The molecule has 0 amide bonds. The zero-order chi connectivity index (χ0) is 13.7. The van der Waals surface area contributed by atoms with Crippen LogP contribution >= 0.6 is 0 Å². The van der Waals surface area contributed by atoms with Crippen LogP contribution in [0.5, 0.6) is 11.5 Å². The minimum atomic E-state index is -0.765. The molecule has 2 rings (SSSR count). The second-order valence-corrected chi connectivity index (χ2v) is 6.33. The Morgan fingerprint density at radius 1 is 1.32 bits per heavy atom. The Morgan fingerprint density at radius 3 is 2.79 bits per heavy atom. The smallest absolute Gasteiger partial charge is 0.161 e. The Kier molecular flexibility index (Phi) is 5.22. The number of hydrogen-bond acceptors (Lipinski definition) is 4. The lowest BCUT2D eigenvalue weighted by Gasteiger charge is -2.14. The average molecular weight is 283 g/mol. The van der Waals surface area contributed by atoms with E-state index >= 15 is 0 Å². The molecular weight excluding hydrogens is 262 g/mol. The highest BCUT2D eigenvalue weighted by Crippen LogP contribution is 2.30. The standard InChI is InChI=1S/C14H21NO3S/c1-11(10-19(2)16)15-9-12-4-5-13-14(8-12)18-7-3-6-17-13/h4-5,8,11,15H,3,6-7,9-10H2,1-2H3. The maximum absolute atomic E-state index is 11.1. The summed E-state index contributed by atoms with van der Waals surface area (Å²) in [6.45, 7) is 4.21. The minimum Gasteiger partial charge on any atom is -0.490 e. The van der Waals surface area contributed by atoms with Crippen molar-refractivity contribution in [1.29, 1.82) is 0 Å². The highest BCUT2D eigenvalue weighted by Gasteiger charge is 2.11. The van der Waals surface area contributed by atoms with E-state index in [0.717, 1.165) is 30.0 Å². The van der Waals surface area contributed by atoms with Crippen LogP contribution in [0.3, 0.4) is 0 Å². The van der Waals surface area contributed by atoms with Crippen LogP contribution in [0.4, 0.5) is 0 Å². The van der Waals surface area contributed by atoms with Crippen LogP contribution in [0.25, 0.3) is 0 Å². The summed E-state index contributed by atoms with van der Waals surface area (Å²) < 4.78 is 22.4. The van der Waals surface area contributed by atoms with Crippen molar-refractivity contribution in [1.82, 2.24) is 5.32 Å². The molecule has 1 aromatic rings. The Morgan fingerprint density at radius 2 is 2.05 bits per heavy atom. The summed E-state index contributed by atoms with van der Waals surface area (Å²) in [6.07, 6.45) is 2.65. The molecule has 0 radical (unpaired) electrons. The van der Waals surface area contributed by atoms with Crippen LogP contribution in [0.2, 0.25) is 0 Å². The van der Waals surface area contributed by atoms with Gasteiger partial charge in [-0.15, -0.1) is 0 Å². The fourth-order valence-electron chi connectivity index (χ4n) is 2.02. The Balaban J connectivity index is 1.94. The quantitative estimate of drug-likeness (QED) is 0.893. The van der Waals surface area contributed by atoms with Gasteiger partial charge in [0, 0.05) is 41.8 Å². The molecule has 19 heavy (non-hydrogen) atoms. The molecule has 1 aromatic carbocycles. The van der Waals surface area contributed by atoms with Gasteiger partial charge in [0.05, 0.1) is 13.2 Å². The van der Waals surface area contributed by atoms with E-state index in [0.29, 0.717) is 19.0 Å². The average Bonchev–Trinajstić information content (AvgIpc) is 2.60. The first-order chi connectivity index (χ1) is 9.15.